The molecule has 0 saturated carbocycles. The highest BCUT2D eigenvalue weighted by Gasteiger charge is 2.10. The lowest BCUT2D eigenvalue weighted by atomic mass is 9.99. The fourth-order valence-electron chi connectivity index (χ4n) is 1.42. The minimum atomic E-state index is -0.298. The van der Waals surface area contributed by atoms with E-state index in [1.165, 1.54) is 0 Å². The maximum atomic E-state index is 12.5. The summed E-state index contributed by atoms with van der Waals surface area (Å²) < 4.78 is 23.0. The summed E-state index contributed by atoms with van der Waals surface area (Å²) >= 11 is 0. The first-order valence-corrected chi connectivity index (χ1v) is 5.92. The standard InChI is InChI=1S/C12H25FO2/c1-4-5-6-14-10-15-9-12(8-13)7-11(2)3/h11-12H,4-10H2,1-3H3. The lowest BCUT2D eigenvalue weighted by Crippen LogP contribution is -2.15. The summed E-state index contributed by atoms with van der Waals surface area (Å²) in [5.74, 6) is 0.551. The molecule has 0 rings (SSSR count). The van der Waals surface area contributed by atoms with Crippen LogP contribution in [-0.4, -0.2) is 26.7 Å². The van der Waals surface area contributed by atoms with E-state index in [9.17, 15) is 4.39 Å². The van der Waals surface area contributed by atoms with E-state index in [1.54, 1.807) is 0 Å². The molecule has 0 aliphatic heterocycles. The van der Waals surface area contributed by atoms with Gasteiger partial charge in [0.1, 0.15) is 6.79 Å². The van der Waals surface area contributed by atoms with Crippen molar-refractivity contribution in [3.8, 4) is 0 Å². The Labute approximate surface area is 93.1 Å². The van der Waals surface area contributed by atoms with E-state index < -0.39 is 0 Å². The fourth-order valence-corrected chi connectivity index (χ4v) is 1.42. The normalized spacial score (nSPS) is 13.4. The number of hydrogen-bond donors (Lipinski definition) is 0. The predicted octanol–water partition coefficient (Wildman–Crippen LogP) is 3.41. The number of hydrogen-bond acceptors (Lipinski definition) is 2. The molecule has 3 heteroatoms. The molecular formula is C12H25FO2. The van der Waals surface area contributed by atoms with Gasteiger partial charge in [-0.3, -0.25) is 4.39 Å². The van der Waals surface area contributed by atoms with E-state index in [4.69, 9.17) is 9.47 Å². The topological polar surface area (TPSA) is 18.5 Å². The molecular weight excluding hydrogens is 195 g/mol. The molecule has 2 nitrogen and oxygen atoms in total. The summed E-state index contributed by atoms with van der Waals surface area (Å²) in [6, 6.07) is 0. The van der Waals surface area contributed by atoms with Gasteiger partial charge < -0.3 is 9.47 Å². The largest absolute Gasteiger partial charge is 0.355 e. The van der Waals surface area contributed by atoms with Crippen LogP contribution in [-0.2, 0) is 9.47 Å². The minimum absolute atomic E-state index is 0.0276. The molecule has 0 N–H and O–H groups in total. The van der Waals surface area contributed by atoms with Crippen molar-refractivity contribution in [3.63, 3.8) is 0 Å². The van der Waals surface area contributed by atoms with E-state index >= 15 is 0 Å². The van der Waals surface area contributed by atoms with Crippen LogP contribution in [0.4, 0.5) is 4.39 Å². The van der Waals surface area contributed by atoms with Crippen LogP contribution in [0.1, 0.15) is 40.0 Å². The summed E-state index contributed by atoms with van der Waals surface area (Å²) in [4.78, 5) is 0. The molecule has 0 radical (unpaired) electrons. The van der Waals surface area contributed by atoms with Crippen molar-refractivity contribution in [3.05, 3.63) is 0 Å². The molecule has 0 fully saturated rings. The molecule has 0 aromatic rings. The second-order valence-electron chi connectivity index (χ2n) is 4.40. The van der Waals surface area contributed by atoms with Crippen molar-refractivity contribution < 1.29 is 13.9 Å². The van der Waals surface area contributed by atoms with Crippen LogP contribution in [0.25, 0.3) is 0 Å². The summed E-state index contributed by atoms with van der Waals surface area (Å²) in [5, 5.41) is 0. The highest BCUT2D eigenvalue weighted by molar-refractivity contribution is 4.58. The maximum absolute atomic E-state index is 12.5. The Kier molecular flexibility index (Phi) is 10.3. The molecule has 0 spiro atoms. The fraction of sp³-hybridized carbons (Fsp3) is 1.00. The first-order chi connectivity index (χ1) is 7.20. The third-order valence-electron chi connectivity index (χ3n) is 2.19. The van der Waals surface area contributed by atoms with Crippen molar-refractivity contribution in [2.75, 3.05) is 26.7 Å². The van der Waals surface area contributed by atoms with Gasteiger partial charge in [-0.1, -0.05) is 27.2 Å². The van der Waals surface area contributed by atoms with Crippen LogP contribution < -0.4 is 0 Å². The SMILES string of the molecule is CCCCOCOCC(CF)CC(C)C. The lowest BCUT2D eigenvalue weighted by molar-refractivity contribution is -0.0684. The van der Waals surface area contributed by atoms with E-state index in [0.29, 0.717) is 19.3 Å². The second kappa shape index (κ2) is 10.4. The van der Waals surface area contributed by atoms with Gasteiger partial charge in [-0.25, -0.2) is 0 Å². The molecule has 0 bridgehead atoms. The van der Waals surface area contributed by atoms with Crippen molar-refractivity contribution >= 4 is 0 Å². The molecule has 92 valence electrons. The zero-order chi connectivity index (χ0) is 11.5. The average molecular weight is 220 g/mol. The van der Waals surface area contributed by atoms with Crippen molar-refractivity contribution in [2.24, 2.45) is 11.8 Å². The average Bonchev–Trinajstić information content (AvgIpc) is 2.20. The maximum Gasteiger partial charge on any atom is 0.146 e. The van der Waals surface area contributed by atoms with Crippen molar-refractivity contribution in [1.29, 1.82) is 0 Å². The quantitative estimate of drug-likeness (QED) is 0.415. The van der Waals surface area contributed by atoms with Gasteiger partial charge in [-0.05, 0) is 18.8 Å². The van der Waals surface area contributed by atoms with Crippen LogP contribution in [0, 0.1) is 11.8 Å². The van der Waals surface area contributed by atoms with Crippen LogP contribution in [0.5, 0.6) is 0 Å². The summed E-state index contributed by atoms with van der Waals surface area (Å²) in [6.07, 6.45) is 3.06. The van der Waals surface area contributed by atoms with Gasteiger partial charge in [0.15, 0.2) is 0 Å². The van der Waals surface area contributed by atoms with E-state index in [0.717, 1.165) is 25.9 Å². The third-order valence-corrected chi connectivity index (χ3v) is 2.19. The van der Waals surface area contributed by atoms with Crippen molar-refractivity contribution in [2.45, 2.75) is 40.0 Å². The minimum Gasteiger partial charge on any atom is -0.355 e. The van der Waals surface area contributed by atoms with Crippen LogP contribution in [0.3, 0.4) is 0 Å². The molecule has 0 saturated heterocycles. The molecule has 15 heavy (non-hydrogen) atoms. The number of ether oxygens (including phenoxy) is 2. The summed E-state index contributed by atoms with van der Waals surface area (Å²) in [7, 11) is 0. The Morgan fingerprint density at radius 2 is 1.93 bits per heavy atom. The molecule has 0 amide bonds. The number of rotatable bonds is 10. The summed E-state index contributed by atoms with van der Waals surface area (Å²) in [5.41, 5.74) is 0. The first-order valence-electron chi connectivity index (χ1n) is 5.92. The summed E-state index contributed by atoms with van der Waals surface area (Å²) in [6.45, 7) is 7.52. The van der Waals surface area contributed by atoms with Gasteiger partial charge in [-0.2, -0.15) is 0 Å². The third kappa shape index (κ3) is 10.1. The molecule has 0 aromatic heterocycles. The van der Waals surface area contributed by atoms with Crippen LogP contribution >= 0.6 is 0 Å². The van der Waals surface area contributed by atoms with Gasteiger partial charge in [0, 0.05) is 12.5 Å². The number of alkyl halides is 1. The van der Waals surface area contributed by atoms with Crippen LogP contribution in [0.2, 0.25) is 0 Å². The lowest BCUT2D eigenvalue weighted by Gasteiger charge is -2.15. The van der Waals surface area contributed by atoms with Crippen LogP contribution in [0.15, 0.2) is 0 Å². The van der Waals surface area contributed by atoms with Gasteiger partial charge in [0.25, 0.3) is 0 Å². The van der Waals surface area contributed by atoms with E-state index in [1.807, 2.05) is 0 Å². The van der Waals surface area contributed by atoms with Crippen molar-refractivity contribution in [1.82, 2.24) is 0 Å². The van der Waals surface area contributed by atoms with E-state index in [-0.39, 0.29) is 12.6 Å². The smallest absolute Gasteiger partial charge is 0.146 e. The van der Waals surface area contributed by atoms with Gasteiger partial charge >= 0.3 is 0 Å². The number of unbranched alkanes of at least 4 members (excludes halogenated alkanes) is 1. The number of halogens is 1. The highest BCUT2D eigenvalue weighted by Crippen LogP contribution is 2.12. The zero-order valence-corrected chi connectivity index (χ0v) is 10.3. The molecule has 1 unspecified atom stereocenters. The predicted molar refractivity (Wildman–Crippen MR) is 60.6 cm³/mol. The second-order valence-corrected chi connectivity index (χ2v) is 4.40. The molecule has 0 aliphatic rings. The van der Waals surface area contributed by atoms with Gasteiger partial charge in [0.2, 0.25) is 0 Å². The molecule has 0 aliphatic carbocycles. The first kappa shape index (κ1) is 14.8. The Balaban J connectivity index is 3.30. The molecule has 0 heterocycles. The molecule has 1 atom stereocenters. The van der Waals surface area contributed by atoms with E-state index in [2.05, 4.69) is 20.8 Å². The highest BCUT2D eigenvalue weighted by atomic mass is 19.1. The Hall–Kier alpha value is -0.150. The Morgan fingerprint density at radius 1 is 1.20 bits per heavy atom. The van der Waals surface area contributed by atoms with Gasteiger partial charge in [-0.15, -0.1) is 0 Å². The zero-order valence-electron chi connectivity index (χ0n) is 10.3. The Bertz CT molecular complexity index is 129. The molecule has 0 aromatic carbocycles. The Morgan fingerprint density at radius 3 is 2.47 bits per heavy atom. The monoisotopic (exact) mass is 220 g/mol. The van der Waals surface area contributed by atoms with Gasteiger partial charge in [0.05, 0.1) is 13.3 Å².